The van der Waals surface area contributed by atoms with Crippen LogP contribution in [0.2, 0.25) is 5.02 Å². The Bertz CT molecular complexity index is 1420. The molecule has 0 aliphatic rings. The van der Waals surface area contributed by atoms with Crippen molar-refractivity contribution in [2.45, 2.75) is 14.8 Å². The summed E-state index contributed by atoms with van der Waals surface area (Å²) in [6.45, 7) is 0. The summed E-state index contributed by atoms with van der Waals surface area (Å²) in [5.74, 6) is 0. The SMILES string of the molecule is O=S(=O)(Nn1nc(S(=O)(=O)c2ccccc2)cc1-c1ccc(Cl)cc1)c1ccccc1. The number of aromatic nitrogens is 2. The topological polar surface area (TPSA) is 98.1 Å². The molecule has 1 N–H and O–H groups in total. The molecule has 4 aromatic rings. The van der Waals surface area contributed by atoms with Crippen molar-refractivity contribution in [2.75, 3.05) is 4.83 Å². The molecular formula is C21H16ClN3O4S2. The zero-order valence-electron chi connectivity index (χ0n) is 15.9. The van der Waals surface area contributed by atoms with Crippen LogP contribution in [0.4, 0.5) is 0 Å². The molecule has 0 aliphatic carbocycles. The molecule has 0 saturated heterocycles. The largest absolute Gasteiger partial charge is 0.276 e. The molecule has 0 saturated carbocycles. The maximum Gasteiger partial charge on any atom is 0.276 e. The van der Waals surface area contributed by atoms with Crippen LogP contribution in [0.15, 0.2) is 106 Å². The van der Waals surface area contributed by atoms with Crippen LogP contribution in [0.3, 0.4) is 0 Å². The number of hydrogen-bond donors (Lipinski definition) is 1. The number of halogens is 1. The van der Waals surface area contributed by atoms with Crippen LogP contribution >= 0.6 is 11.6 Å². The molecule has 0 radical (unpaired) electrons. The fraction of sp³-hybridized carbons (Fsp3) is 0. The van der Waals surface area contributed by atoms with Gasteiger partial charge in [-0.1, -0.05) is 60.1 Å². The smallest absolute Gasteiger partial charge is 0.217 e. The molecule has 7 nitrogen and oxygen atoms in total. The monoisotopic (exact) mass is 473 g/mol. The van der Waals surface area contributed by atoms with E-state index in [1.165, 1.54) is 30.3 Å². The Morgan fingerprint density at radius 3 is 1.87 bits per heavy atom. The first-order valence-corrected chi connectivity index (χ1v) is 12.4. The molecule has 10 heteroatoms. The zero-order chi connectivity index (χ0) is 22.1. The molecule has 1 heterocycles. The second-order valence-corrected chi connectivity index (χ2v) is 10.5. The van der Waals surface area contributed by atoms with Crippen molar-refractivity contribution in [3.63, 3.8) is 0 Å². The molecule has 4 rings (SSSR count). The highest BCUT2D eigenvalue weighted by molar-refractivity contribution is 7.92. The summed E-state index contributed by atoms with van der Waals surface area (Å²) in [5, 5.41) is 4.26. The predicted molar refractivity (Wildman–Crippen MR) is 118 cm³/mol. The summed E-state index contributed by atoms with van der Waals surface area (Å²) in [6.07, 6.45) is 0. The van der Waals surface area contributed by atoms with E-state index in [1.807, 2.05) is 0 Å². The molecule has 0 bridgehead atoms. The number of sulfonamides is 1. The van der Waals surface area contributed by atoms with E-state index in [9.17, 15) is 16.8 Å². The molecule has 0 unspecified atom stereocenters. The van der Waals surface area contributed by atoms with Crippen molar-refractivity contribution in [1.29, 1.82) is 0 Å². The summed E-state index contributed by atoms with van der Waals surface area (Å²) < 4.78 is 51.7. The first kappa shape index (κ1) is 21.1. The fourth-order valence-electron chi connectivity index (χ4n) is 2.87. The Hall–Kier alpha value is -3.14. The minimum absolute atomic E-state index is 0.0139. The van der Waals surface area contributed by atoms with Gasteiger partial charge < -0.3 is 0 Å². The quantitative estimate of drug-likeness (QED) is 0.457. The van der Waals surface area contributed by atoms with Crippen molar-refractivity contribution in [3.05, 3.63) is 96.0 Å². The van der Waals surface area contributed by atoms with Crippen molar-refractivity contribution < 1.29 is 16.8 Å². The van der Waals surface area contributed by atoms with Gasteiger partial charge in [-0.05, 0) is 36.4 Å². The third kappa shape index (κ3) is 4.34. The summed E-state index contributed by atoms with van der Waals surface area (Å²) in [7, 11) is -7.99. The van der Waals surface area contributed by atoms with Gasteiger partial charge in [-0.15, -0.1) is 5.10 Å². The molecule has 158 valence electrons. The van der Waals surface area contributed by atoms with Gasteiger partial charge in [0.15, 0.2) is 5.03 Å². The summed E-state index contributed by atoms with van der Waals surface area (Å²) in [4.78, 5) is 3.35. The number of benzene rings is 3. The molecule has 31 heavy (non-hydrogen) atoms. The molecule has 3 aromatic carbocycles. The van der Waals surface area contributed by atoms with E-state index in [4.69, 9.17) is 11.6 Å². The van der Waals surface area contributed by atoms with Gasteiger partial charge in [0.05, 0.1) is 15.5 Å². The van der Waals surface area contributed by atoms with Crippen LogP contribution in [0.5, 0.6) is 0 Å². The van der Waals surface area contributed by atoms with Gasteiger partial charge in [0.2, 0.25) is 9.84 Å². The second-order valence-electron chi connectivity index (χ2n) is 6.51. The molecule has 0 fully saturated rings. The molecule has 0 spiro atoms. The standard InChI is InChI=1S/C21H16ClN3O4S2/c22-17-13-11-16(12-14-17)20-15-21(30(26,27)18-7-3-1-4-8-18)23-25(20)24-31(28,29)19-9-5-2-6-10-19/h1-15,24H. The lowest BCUT2D eigenvalue weighted by Gasteiger charge is -2.11. The molecule has 0 amide bonds. The van der Waals surface area contributed by atoms with Crippen LogP contribution in [0, 0.1) is 0 Å². The first-order chi connectivity index (χ1) is 14.8. The van der Waals surface area contributed by atoms with Gasteiger partial charge >= 0.3 is 0 Å². The average molecular weight is 474 g/mol. The van der Waals surface area contributed by atoms with E-state index >= 15 is 0 Å². The van der Waals surface area contributed by atoms with Crippen molar-refractivity contribution in [2.24, 2.45) is 0 Å². The third-order valence-corrected chi connectivity index (χ3v) is 7.62. The lowest BCUT2D eigenvalue weighted by atomic mass is 10.2. The highest BCUT2D eigenvalue weighted by atomic mass is 35.5. The van der Waals surface area contributed by atoms with Crippen molar-refractivity contribution in [3.8, 4) is 11.3 Å². The minimum atomic E-state index is -4.02. The van der Waals surface area contributed by atoms with Gasteiger partial charge in [-0.2, -0.15) is 18.0 Å². The highest BCUT2D eigenvalue weighted by Crippen LogP contribution is 2.27. The number of hydrogen-bond acceptors (Lipinski definition) is 5. The Labute approximate surface area is 184 Å². The highest BCUT2D eigenvalue weighted by Gasteiger charge is 2.25. The summed E-state index contributed by atoms with van der Waals surface area (Å²) in [5.41, 5.74) is 0.771. The molecular weight excluding hydrogens is 458 g/mol. The van der Waals surface area contributed by atoms with E-state index in [1.54, 1.807) is 60.7 Å². The predicted octanol–water partition coefficient (Wildman–Crippen LogP) is 3.97. The van der Waals surface area contributed by atoms with Crippen LogP contribution in [-0.2, 0) is 19.9 Å². The van der Waals surface area contributed by atoms with Crippen LogP contribution < -0.4 is 4.83 Å². The van der Waals surface area contributed by atoms with Gasteiger partial charge in [-0.25, -0.2) is 8.42 Å². The van der Waals surface area contributed by atoms with E-state index in [-0.39, 0.29) is 20.5 Å². The summed E-state index contributed by atoms with van der Waals surface area (Å²) in [6, 6.07) is 23.4. The van der Waals surface area contributed by atoms with Crippen LogP contribution in [0.25, 0.3) is 11.3 Å². The average Bonchev–Trinajstić information content (AvgIpc) is 3.19. The van der Waals surface area contributed by atoms with E-state index in [0.717, 1.165) is 4.79 Å². The lowest BCUT2D eigenvalue weighted by molar-refractivity contribution is 0.582. The minimum Gasteiger partial charge on any atom is -0.217 e. The third-order valence-electron chi connectivity index (χ3n) is 4.42. The molecule has 0 atom stereocenters. The van der Waals surface area contributed by atoms with Crippen molar-refractivity contribution >= 4 is 31.5 Å². The van der Waals surface area contributed by atoms with E-state index in [0.29, 0.717) is 10.6 Å². The van der Waals surface area contributed by atoms with Crippen molar-refractivity contribution in [1.82, 2.24) is 9.89 Å². The summed E-state index contributed by atoms with van der Waals surface area (Å²) >= 11 is 5.95. The molecule has 0 aliphatic heterocycles. The first-order valence-electron chi connectivity index (χ1n) is 9.01. The number of nitrogens with one attached hydrogen (secondary N) is 1. The van der Waals surface area contributed by atoms with Gasteiger partial charge in [0.25, 0.3) is 10.0 Å². The Morgan fingerprint density at radius 2 is 1.29 bits per heavy atom. The number of sulfone groups is 1. The van der Waals surface area contributed by atoms with E-state index in [2.05, 4.69) is 9.93 Å². The second kappa shape index (κ2) is 8.18. The Kier molecular flexibility index (Phi) is 5.57. The zero-order valence-corrected chi connectivity index (χ0v) is 18.3. The Balaban J connectivity index is 1.85. The van der Waals surface area contributed by atoms with Crippen LogP contribution in [0.1, 0.15) is 0 Å². The van der Waals surface area contributed by atoms with Gasteiger partial charge in [0, 0.05) is 16.7 Å². The maximum atomic E-state index is 13.0. The lowest BCUT2D eigenvalue weighted by Crippen LogP contribution is -2.25. The number of nitrogens with zero attached hydrogens (tertiary/aromatic N) is 2. The van der Waals surface area contributed by atoms with Crippen LogP contribution in [-0.4, -0.2) is 26.7 Å². The Morgan fingerprint density at radius 1 is 0.742 bits per heavy atom. The molecule has 1 aromatic heterocycles. The maximum absolute atomic E-state index is 13.0. The van der Waals surface area contributed by atoms with Gasteiger partial charge in [-0.3, -0.25) is 0 Å². The fourth-order valence-corrected chi connectivity index (χ4v) is 5.20. The normalized spacial score (nSPS) is 11.9. The number of rotatable bonds is 6. The van der Waals surface area contributed by atoms with E-state index < -0.39 is 19.9 Å². The van der Waals surface area contributed by atoms with Gasteiger partial charge in [0.1, 0.15) is 0 Å².